The fourth-order valence-corrected chi connectivity index (χ4v) is 5.66. The van der Waals surface area contributed by atoms with E-state index in [0.717, 1.165) is 11.4 Å². The van der Waals surface area contributed by atoms with Crippen molar-refractivity contribution in [2.75, 3.05) is 0 Å². The van der Waals surface area contributed by atoms with Crippen molar-refractivity contribution in [3.05, 3.63) is 162 Å². The maximum atomic E-state index is 2.35. The van der Waals surface area contributed by atoms with E-state index >= 15 is 0 Å². The molecule has 0 aliphatic rings. The molecule has 0 saturated carbocycles. The monoisotopic (exact) mass is 511 g/mol. The van der Waals surface area contributed by atoms with Gasteiger partial charge in [-0.05, 0) is 87.5 Å². The predicted octanol–water partition coefficient (Wildman–Crippen LogP) is 10.6. The second-order valence-corrected chi connectivity index (χ2v) is 10.3. The molecule has 0 aliphatic carbocycles. The Labute approximate surface area is 235 Å². The molecule has 0 unspecified atom stereocenters. The van der Waals surface area contributed by atoms with Crippen molar-refractivity contribution in [1.29, 1.82) is 0 Å². The minimum atomic E-state index is 1.15. The van der Waals surface area contributed by atoms with E-state index in [9.17, 15) is 0 Å². The Morgan fingerprint density at radius 2 is 1.18 bits per heavy atom. The van der Waals surface area contributed by atoms with Gasteiger partial charge in [-0.15, -0.1) is 0 Å². The summed E-state index contributed by atoms with van der Waals surface area (Å²) in [4.78, 5) is 0. The van der Waals surface area contributed by atoms with Crippen LogP contribution in [0.2, 0.25) is 0 Å². The van der Waals surface area contributed by atoms with Crippen LogP contribution >= 0.6 is 0 Å². The lowest BCUT2D eigenvalue weighted by atomic mass is 9.95. The van der Waals surface area contributed by atoms with Crippen molar-refractivity contribution < 1.29 is 0 Å². The lowest BCUT2D eigenvalue weighted by Crippen LogP contribution is -1.96. The Morgan fingerprint density at radius 1 is 0.500 bits per heavy atom. The van der Waals surface area contributed by atoms with Gasteiger partial charge in [0.25, 0.3) is 0 Å². The molecule has 0 bridgehead atoms. The second-order valence-electron chi connectivity index (χ2n) is 10.3. The summed E-state index contributed by atoms with van der Waals surface area (Å²) >= 11 is 0. The van der Waals surface area contributed by atoms with Crippen molar-refractivity contribution in [3.8, 4) is 27.9 Å². The average molecular weight is 512 g/mol. The van der Waals surface area contributed by atoms with Crippen LogP contribution in [0.5, 0.6) is 0 Å². The molecule has 0 atom stereocenters. The molecule has 1 heteroatoms. The molecular weight excluding hydrogens is 482 g/mol. The third kappa shape index (κ3) is 4.42. The van der Waals surface area contributed by atoms with Gasteiger partial charge in [-0.1, -0.05) is 121 Å². The van der Waals surface area contributed by atoms with E-state index in [1.54, 1.807) is 0 Å². The van der Waals surface area contributed by atoms with Crippen LogP contribution in [-0.2, 0) is 0 Å². The standard InChI is InChI=1S/C39H29N/c1-28-18-19-33(38-16-9-14-31-12-5-7-15-37(31)38)26-32(28)22-25-36-27-34-13-6-8-17-39(34)40(36)35-23-20-30(21-24-35)29-10-3-2-4-11-29/h2-27H,1H3/b25-22-. The molecule has 1 aromatic heterocycles. The lowest BCUT2D eigenvalue weighted by Gasteiger charge is -2.11. The van der Waals surface area contributed by atoms with Crippen LogP contribution < -0.4 is 0 Å². The Kier molecular flexibility index (Phi) is 6.11. The molecule has 0 fully saturated rings. The van der Waals surface area contributed by atoms with Crippen LogP contribution in [-0.4, -0.2) is 4.57 Å². The summed E-state index contributed by atoms with van der Waals surface area (Å²) in [6.07, 6.45) is 4.51. The van der Waals surface area contributed by atoms with Crippen LogP contribution in [0.15, 0.2) is 146 Å². The first kappa shape index (κ1) is 23.9. The normalized spacial score (nSPS) is 11.5. The Morgan fingerprint density at radius 3 is 2.02 bits per heavy atom. The molecule has 7 aromatic rings. The molecule has 0 spiro atoms. The van der Waals surface area contributed by atoms with E-state index in [1.807, 2.05) is 0 Å². The van der Waals surface area contributed by atoms with Crippen molar-refractivity contribution in [2.45, 2.75) is 6.92 Å². The predicted molar refractivity (Wildman–Crippen MR) is 172 cm³/mol. The molecule has 190 valence electrons. The smallest absolute Gasteiger partial charge is 0.0534 e. The fourth-order valence-electron chi connectivity index (χ4n) is 5.66. The number of rotatable bonds is 5. The number of hydrogen-bond acceptors (Lipinski definition) is 0. The van der Waals surface area contributed by atoms with Gasteiger partial charge in [0.05, 0.1) is 5.52 Å². The van der Waals surface area contributed by atoms with Crippen LogP contribution in [0.1, 0.15) is 16.8 Å². The van der Waals surface area contributed by atoms with Crippen LogP contribution in [0.4, 0.5) is 0 Å². The van der Waals surface area contributed by atoms with Crippen LogP contribution in [0.3, 0.4) is 0 Å². The van der Waals surface area contributed by atoms with Crippen molar-refractivity contribution in [2.24, 2.45) is 0 Å². The summed E-state index contributed by atoms with van der Waals surface area (Å²) in [6, 6.07) is 52.2. The summed E-state index contributed by atoms with van der Waals surface area (Å²) in [5.41, 5.74) is 10.9. The van der Waals surface area contributed by atoms with E-state index in [-0.39, 0.29) is 0 Å². The number of hydrogen-bond donors (Lipinski definition) is 0. The number of para-hydroxylation sites is 1. The molecule has 0 aliphatic heterocycles. The zero-order chi connectivity index (χ0) is 26.9. The quantitative estimate of drug-likeness (QED) is 0.217. The fraction of sp³-hybridized carbons (Fsp3) is 0.0256. The summed E-state index contributed by atoms with van der Waals surface area (Å²) in [5.74, 6) is 0. The van der Waals surface area contributed by atoms with Gasteiger partial charge in [-0.25, -0.2) is 0 Å². The largest absolute Gasteiger partial charge is 0.310 e. The average Bonchev–Trinajstić information content (AvgIpc) is 3.39. The van der Waals surface area contributed by atoms with Crippen molar-refractivity contribution in [3.63, 3.8) is 0 Å². The molecule has 0 amide bonds. The second kappa shape index (κ2) is 10.2. The minimum Gasteiger partial charge on any atom is -0.310 e. The summed E-state index contributed by atoms with van der Waals surface area (Å²) in [6.45, 7) is 2.18. The number of fused-ring (bicyclic) bond motifs is 2. The zero-order valence-corrected chi connectivity index (χ0v) is 22.5. The SMILES string of the molecule is Cc1ccc(-c2cccc3ccccc23)cc1/C=C\c1cc2ccccc2n1-c1ccc(-c2ccccc2)cc1. The summed E-state index contributed by atoms with van der Waals surface area (Å²) in [7, 11) is 0. The molecule has 0 saturated heterocycles. The zero-order valence-electron chi connectivity index (χ0n) is 22.5. The summed E-state index contributed by atoms with van der Waals surface area (Å²) < 4.78 is 2.35. The van der Waals surface area contributed by atoms with Gasteiger partial charge in [-0.2, -0.15) is 0 Å². The van der Waals surface area contributed by atoms with E-state index in [1.165, 1.54) is 55.1 Å². The molecule has 1 nitrogen and oxygen atoms in total. The number of benzene rings is 6. The lowest BCUT2D eigenvalue weighted by molar-refractivity contribution is 1.11. The van der Waals surface area contributed by atoms with Crippen molar-refractivity contribution in [1.82, 2.24) is 4.57 Å². The summed E-state index contributed by atoms with van der Waals surface area (Å²) in [5, 5.41) is 3.78. The van der Waals surface area contributed by atoms with E-state index in [4.69, 9.17) is 0 Å². The molecule has 0 radical (unpaired) electrons. The van der Waals surface area contributed by atoms with Gasteiger partial charge in [-0.3, -0.25) is 0 Å². The molecule has 0 N–H and O–H groups in total. The van der Waals surface area contributed by atoms with Gasteiger partial charge in [0.1, 0.15) is 0 Å². The topological polar surface area (TPSA) is 4.93 Å². The molecule has 40 heavy (non-hydrogen) atoms. The Hall–Kier alpha value is -5.14. The van der Waals surface area contributed by atoms with Crippen LogP contribution in [0.25, 0.3) is 61.8 Å². The van der Waals surface area contributed by atoms with Crippen LogP contribution in [0, 0.1) is 6.92 Å². The van der Waals surface area contributed by atoms with Crippen molar-refractivity contribution >= 4 is 33.8 Å². The molecule has 7 rings (SSSR count). The number of aryl methyl sites for hydroxylation is 1. The highest BCUT2D eigenvalue weighted by Crippen LogP contribution is 2.32. The number of nitrogens with zero attached hydrogens (tertiary/aromatic N) is 1. The Bertz CT molecular complexity index is 1980. The highest BCUT2D eigenvalue weighted by molar-refractivity contribution is 5.97. The third-order valence-electron chi connectivity index (χ3n) is 7.79. The van der Waals surface area contributed by atoms with E-state index in [0.29, 0.717) is 0 Å². The molecular formula is C39H29N. The van der Waals surface area contributed by atoms with Gasteiger partial charge < -0.3 is 4.57 Å². The Balaban J connectivity index is 1.29. The van der Waals surface area contributed by atoms with Gasteiger partial charge >= 0.3 is 0 Å². The van der Waals surface area contributed by atoms with E-state index in [2.05, 4.69) is 169 Å². The van der Waals surface area contributed by atoms with E-state index < -0.39 is 0 Å². The molecule has 1 heterocycles. The maximum absolute atomic E-state index is 2.35. The van der Waals surface area contributed by atoms with Gasteiger partial charge in [0.15, 0.2) is 0 Å². The first-order valence-corrected chi connectivity index (χ1v) is 13.8. The minimum absolute atomic E-state index is 1.15. The first-order chi connectivity index (χ1) is 19.7. The van der Waals surface area contributed by atoms with Gasteiger partial charge in [0, 0.05) is 16.8 Å². The number of aromatic nitrogens is 1. The highest BCUT2D eigenvalue weighted by Gasteiger charge is 2.10. The van der Waals surface area contributed by atoms with Gasteiger partial charge in [0.2, 0.25) is 0 Å². The maximum Gasteiger partial charge on any atom is 0.0534 e. The first-order valence-electron chi connectivity index (χ1n) is 13.8. The third-order valence-corrected chi connectivity index (χ3v) is 7.79. The molecule has 6 aromatic carbocycles. The highest BCUT2D eigenvalue weighted by atomic mass is 15.0.